The van der Waals surface area contributed by atoms with Crippen LogP contribution in [0, 0.1) is 0 Å². The average Bonchev–Trinajstić information content (AvgIpc) is 3.55. The first-order chi connectivity index (χ1) is 24.2. The highest BCUT2D eigenvalue weighted by molar-refractivity contribution is 6.33. The minimum atomic E-state index is 0.881. The van der Waals surface area contributed by atoms with Gasteiger partial charge in [-0.3, -0.25) is 0 Å². The van der Waals surface area contributed by atoms with Crippen molar-refractivity contribution in [2.45, 2.75) is 13.5 Å². The Bertz CT molecular complexity index is 2890. The number of rotatable bonds is 4. The molecule has 0 saturated carbocycles. The van der Waals surface area contributed by atoms with Crippen molar-refractivity contribution in [3.8, 4) is 33.6 Å². The molecule has 0 saturated heterocycles. The van der Waals surface area contributed by atoms with Crippen molar-refractivity contribution >= 4 is 64.9 Å². The molecule has 230 valence electrons. The van der Waals surface area contributed by atoms with Crippen LogP contribution in [0.5, 0.6) is 0 Å². The fourth-order valence-corrected chi connectivity index (χ4v) is 8.03. The van der Waals surface area contributed by atoms with Gasteiger partial charge >= 0.3 is 0 Å². The van der Waals surface area contributed by atoms with Crippen molar-refractivity contribution in [3.05, 3.63) is 164 Å². The molecule has 0 spiro atoms. The Hall–Kier alpha value is -6.25. The fourth-order valence-electron chi connectivity index (χ4n) is 8.03. The van der Waals surface area contributed by atoms with Crippen LogP contribution in [-0.4, -0.2) is 9.55 Å². The van der Waals surface area contributed by atoms with E-state index in [-0.39, 0.29) is 0 Å². The van der Waals surface area contributed by atoms with Gasteiger partial charge < -0.3 is 4.57 Å². The summed E-state index contributed by atoms with van der Waals surface area (Å²) in [6, 6.07) is 60.1. The Morgan fingerprint density at radius 2 is 0.918 bits per heavy atom. The van der Waals surface area contributed by atoms with E-state index in [4.69, 9.17) is 4.98 Å². The van der Waals surface area contributed by atoms with Gasteiger partial charge in [-0.1, -0.05) is 140 Å². The van der Waals surface area contributed by atoms with Crippen LogP contribution in [0.15, 0.2) is 164 Å². The van der Waals surface area contributed by atoms with E-state index in [9.17, 15) is 0 Å². The Labute approximate surface area is 284 Å². The zero-order chi connectivity index (χ0) is 32.5. The van der Waals surface area contributed by atoms with Gasteiger partial charge in [-0.15, -0.1) is 0 Å². The van der Waals surface area contributed by atoms with Crippen molar-refractivity contribution in [2.24, 2.45) is 0 Å². The van der Waals surface area contributed by atoms with Gasteiger partial charge in [0, 0.05) is 12.1 Å². The maximum atomic E-state index is 4.96. The number of imidazole rings is 1. The summed E-state index contributed by atoms with van der Waals surface area (Å²) in [6.45, 7) is 3.06. The van der Waals surface area contributed by atoms with Crippen LogP contribution < -0.4 is 0 Å². The summed E-state index contributed by atoms with van der Waals surface area (Å²) in [5, 5.41) is 12.9. The lowest BCUT2D eigenvalue weighted by Gasteiger charge is -2.15. The van der Waals surface area contributed by atoms with Crippen LogP contribution in [0.25, 0.3) is 98.5 Å². The first-order valence-corrected chi connectivity index (χ1v) is 17.1. The third-order valence-electron chi connectivity index (χ3n) is 10.3. The number of para-hydroxylation sites is 2. The standard InChI is InChI=1S/C47H32N2/c1-2-49-44-17-8-7-16-43(44)48-47(49)34-25-22-31(23-26-34)30-18-20-32(21-19-30)36-28-35-27-24-33-10-9-15-41-39-13-5-3-11-37(39)38-12-4-6-14-40(38)42(29-36)46(35)45(33)41/h3-29H,2H2,1H3. The van der Waals surface area contributed by atoms with Gasteiger partial charge in [-0.2, -0.15) is 0 Å². The lowest BCUT2D eigenvalue weighted by atomic mass is 9.88. The maximum absolute atomic E-state index is 4.96. The van der Waals surface area contributed by atoms with E-state index in [1.54, 1.807) is 0 Å². The predicted molar refractivity (Wildman–Crippen MR) is 209 cm³/mol. The van der Waals surface area contributed by atoms with E-state index >= 15 is 0 Å². The molecule has 0 atom stereocenters. The molecule has 0 N–H and O–H groups in total. The highest BCUT2D eigenvalue weighted by atomic mass is 15.1. The molecule has 9 aromatic carbocycles. The molecule has 0 bridgehead atoms. The largest absolute Gasteiger partial charge is 0.324 e. The van der Waals surface area contributed by atoms with E-state index in [0.717, 1.165) is 23.4 Å². The lowest BCUT2D eigenvalue weighted by Crippen LogP contribution is -1.97. The summed E-state index contributed by atoms with van der Waals surface area (Å²) < 4.78 is 2.29. The van der Waals surface area contributed by atoms with E-state index < -0.39 is 0 Å². The second kappa shape index (κ2) is 10.9. The minimum Gasteiger partial charge on any atom is -0.324 e. The van der Waals surface area contributed by atoms with Crippen LogP contribution in [0.3, 0.4) is 0 Å². The van der Waals surface area contributed by atoms with E-state index in [1.165, 1.54) is 81.6 Å². The van der Waals surface area contributed by atoms with Crippen LogP contribution in [-0.2, 0) is 6.54 Å². The van der Waals surface area contributed by atoms with Gasteiger partial charge in [0.05, 0.1) is 11.0 Å². The Balaban J connectivity index is 1.11. The molecular formula is C47H32N2. The lowest BCUT2D eigenvalue weighted by molar-refractivity contribution is 0.796. The normalized spacial score (nSPS) is 11.9. The van der Waals surface area contributed by atoms with E-state index in [2.05, 4.69) is 175 Å². The molecule has 10 aromatic rings. The van der Waals surface area contributed by atoms with Gasteiger partial charge in [0.15, 0.2) is 0 Å². The molecule has 0 aliphatic rings. The number of fused-ring (bicyclic) bond motifs is 6. The summed E-state index contributed by atoms with van der Waals surface area (Å²) in [4.78, 5) is 4.96. The van der Waals surface area contributed by atoms with Crippen molar-refractivity contribution < 1.29 is 0 Å². The first-order valence-electron chi connectivity index (χ1n) is 17.1. The number of aryl methyl sites for hydroxylation is 1. The summed E-state index contributed by atoms with van der Waals surface area (Å²) in [5.74, 6) is 1.02. The molecular weight excluding hydrogens is 593 g/mol. The number of hydrogen-bond acceptors (Lipinski definition) is 1. The molecule has 0 unspecified atom stereocenters. The minimum absolute atomic E-state index is 0.881. The third-order valence-corrected chi connectivity index (χ3v) is 10.3. The molecule has 0 fully saturated rings. The maximum Gasteiger partial charge on any atom is 0.141 e. The number of hydrogen-bond donors (Lipinski definition) is 0. The molecule has 0 amide bonds. The highest BCUT2D eigenvalue weighted by Gasteiger charge is 2.15. The smallest absolute Gasteiger partial charge is 0.141 e. The van der Waals surface area contributed by atoms with Crippen molar-refractivity contribution in [1.29, 1.82) is 0 Å². The molecule has 2 nitrogen and oxygen atoms in total. The van der Waals surface area contributed by atoms with Crippen LogP contribution in [0.4, 0.5) is 0 Å². The second-order valence-corrected chi connectivity index (χ2v) is 13.0. The van der Waals surface area contributed by atoms with Crippen LogP contribution in [0.1, 0.15) is 6.92 Å². The topological polar surface area (TPSA) is 17.8 Å². The monoisotopic (exact) mass is 624 g/mol. The summed E-state index contributed by atoms with van der Waals surface area (Å²) in [7, 11) is 0. The number of benzene rings is 8. The quantitative estimate of drug-likeness (QED) is 0.178. The zero-order valence-corrected chi connectivity index (χ0v) is 27.2. The van der Waals surface area contributed by atoms with E-state index in [1.807, 2.05) is 0 Å². The van der Waals surface area contributed by atoms with Crippen molar-refractivity contribution in [1.82, 2.24) is 9.55 Å². The molecule has 0 radical (unpaired) electrons. The number of aromatic nitrogens is 2. The summed E-state index contributed by atoms with van der Waals surface area (Å²) >= 11 is 0. The fraction of sp³-hybridized carbons (Fsp3) is 0.0426. The molecule has 1 heterocycles. The van der Waals surface area contributed by atoms with Gasteiger partial charge in [0.1, 0.15) is 5.82 Å². The van der Waals surface area contributed by atoms with Crippen LogP contribution in [0.2, 0.25) is 0 Å². The Morgan fingerprint density at radius 1 is 0.408 bits per heavy atom. The molecule has 0 aliphatic heterocycles. The zero-order valence-electron chi connectivity index (χ0n) is 27.2. The predicted octanol–water partition coefficient (Wildman–Crippen LogP) is 12.8. The van der Waals surface area contributed by atoms with Crippen molar-refractivity contribution in [2.75, 3.05) is 0 Å². The molecule has 49 heavy (non-hydrogen) atoms. The van der Waals surface area contributed by atoms with Crippen molar-refractivity contribution in [3.63, 3.8) is 0 Å². The third kappa shape index (κ3) is 4.31. The van der Waals surface area contributed by atoms with Crippen LogP contribution >= 0.6 is 0 Å². The van der Waals surface area contributed by atoms with Gasteiger partial charge in [0.25, 0.3) is 0 Å². The Morgan fingerprint density at radius 3 is 1.59 bits per heavy atom. The van der Waals surface area contributed by atoms with Gasteiger partial charge in [0.2, 0.25) is 0 Å². The molecule has 0 aliphatic carbocycles. The molecule has 1 aromatic heterocycles. The summed E-state index contributed by atoms with van der Waals surface area (Å²) in [6.07, 6.45) is 0. The van der Waals surface area contributed by atoms with E-state index in [0.29, 0.717) is 0 Å². The second-order valence-electron chi connectivity index (χ2n) is 13.0. The van der Waals surface area contributed by atoms with Gasteiger partial charge in [-0.25, -0.2) is 4.98 Å². The SMILES string of the molecule is CCn1c(-c2ccc(-c3ccc(-c4cc5ccc6cccc7c8ccccc8c8ccccc8c(c4)c5c67)cc3)cc2)nc2ccccc21. The average molecular weight is 625 g/mol. The number of nitrogens with zero attached hydrogens (tertiary/aromatic N) is 2. The summed E-state index contributed by atoms with van der Waals surface area (Å²) in [5.41, 5.74) is 8.18. The Kier molecular flexibility index (Phi) is 6.19. The first kappa shape index (κ1) is 27.8. The molecule has 10 rings (SSSR count). The van der Waals surface area contributed by atoms with Gasteiger partial charge in [-0.05, 0) is 107 Å². The molecule has 2 heteroatoms. The highest BCUT2D eigenvalue weighted by Crippen LogP contribution is 2.42.